The fraction of sp³-hybridized carbons (Fsp3) is 0.467. The summed E-state index contributed by atoms with van der Waals surface area (Å²) >= 11 is 5.10. The van der Waals surface area contributed by atoms with Gasteiger partial charge in [-0.1, -0.05) is 30.8 Å². The van der Waals surface area contributed by atoms with E-state index in [2.05, 4.69) is 10.2 Å². The van der Waals surface area contributed by atoms with Crippen molar-refractivity contribution in [3.05, 3.63) is 24.3 Å². The first-order valence-corrected chi connectivity index (χ1v) is 7.49. The van der Waals surface area contributed by atoms with Gasteiger partial charge in [-0.25, -0.2) is 0 Å². The van der Waals surface area contributed by atoms with Gasteiger partial charge in [-0.15, -0.1) is 0 Å². The monoisotopic (exact) mass is 307 g/mol. The van der Waals surface area contributed by atoms with Crippen LogP contribution in [0.25, 0.3) is 0 Å². The van der Waals surface area contributed by atoms with E-state index in [9.17, 15) is 4.79 Å². The van der Waals surface area contributed by atoms with Gasteiger partial charge < -0.3 is 15.8 Å². The second kappa shape index (κ2) is 7.38. The molecule has 1 fully saturated rings. The Morgan fingerprint density at radius 2 is 2.24 bits per heavy atom. The highest BCUT2D eigenvalue weighted by molar-refractivity contribution is 7.80. The molecule has 1 amide bonds. The number of nitrogens with two attached hydrogens (primary N) is 1. The number of likely N-dealkylation sites (tertiary alicyclic amines) is 1. The number of para-hydroxylation sites is 2. The molecule has 1 heterocycles. The van der Waals surface area contributed by atoms with Crippen LogP contribution in [-0.2, 0) is 4.79 Å². The molecule has 0 bridgehead atoms. The van der Waals surface area contributed by atoms with Crippen molar-refractivity contribution in [1.29, 1.82) is 0 Å². The van der Waals surface area contributed by atoms with Gasteiger partial charge >= 0.3 is 0 Å². The molecular formula is C15H21N3O2S. The number of piperidine rings is 1. The van der Waals surface area contributed by atoms with E-state index in [1.165, 1.54) is 0 Å². The van der Waals surface area contributed by atoms with Crippen LogP contribution in [0.2, 0.25) is 0 Å². The molecule has 0 radical (unpaired) electrons. The first kappa shape index (κ1) is 15.7. The van der Waals surface area contributed by atoms with Crippen molar-refractivity contribution in [3.8, 4) is 5.75 Å². The van der Waals surface area contributed by atoms with E-state index in [1.54, 1.807) is 7.11 Å². The summed E-state index contributed by atoms with van der Waals surface area (Å²) in [4.78, 5) is 14.7. The molecule has 1 aromatic carbocycles. The summed E-state index contributed by atoms with van der Waals surface area (Å²) in [5.41, 5.74) is 6.44. The molecule has 0 aliphatic carbocycles. The highest BCUT2D eigenvalue weighted by atomic mass is 32.1. The zero-order valence-electron chi connectivity index (χ0n) is 12.2. The predicted molar refractivity (Wildman–Crippen MR) is 87.6 cm³/mol. The molecule has 1 saturated heterocycles. The molecular weight excluding hydrogens is 286 g/mol. The van der Waals surface area contributed by atoms with Gasteiger partial charge in [-0.3, -0.25) is 9.69 Å². The molecule has 5 nitrogen and oxygen atoms in total. The number of hydrogen-bond donors (Lipinski definition) is 2. The van der Waals surface area contributed by atoms with Crippen molar-refractivity contribution in [1.82, 2.24) is 4.90 Å². The van der Waals surface area contributed by atoms with Gasteiger partial charge in [-0.05, 0) is 31.5 Å². The standard InChI is InChI=1S/C15H21N3O2S/c1-20-13-8-3-2-6-11(13)17-14(19)10-18-9-5-4-7-12(18)15(16)21/h2-3,6,8,12H,4-5,7,9-10H2,1H3,(H2,16,21)(H,17,19). The van der Waals surface area contributed by atoms with Crippen LogP contribution in [0, 0.1) is 0 Å². The Kier molecular flexibility index (Phi) is 5.52. The zero-order chi connectivity index (χ0) is 15.2. The number of nitrogens with one attached hydrogen (secondary N) is 1. The number of carbonyl (C=O) groups excluding carboxylic acids is 1. The number of thiocarbonyl (C=S) groups is 1. The summed E-state index contributed by atoms with van der Waals surface area (Å²) in [6, 6.07) is 7.38. The molecule has 1 unspecified atom stereocenters. The van der Waals surface area contributed by atoms with Crippen molar-refractivity contribution in [2.75, 3.05) is 25.5 Å². The highest BCUT2D eigenvalue weighted by Crippen LogP contribution is 2.23. The van der Waals surface area contributed by atoms with Crippen molar-refractivity contribution in [2.45, 2.75) is 25.3 Å². The third-order valence-electron chi connectivity index (χ3n) is 3.67. The number of rotatable bonds is 5. The maximum atomic E-state index is 12.2. The van der Waals surface area contributed by atoms with Gasteiger partial charge in [0.25, 0.3) is 0 Å². The van der Waals surface area contributed by atoms with Crippen molar-refractivity contribution in [3.63, 3.8) is 0 Å². The highest BCUT2D eigenvalue weighted by Gasteiger charge is 2.26. The molecule has 0 saturated carbocycles. The Balaban J connectivity index is 1.99. The molecule has 1 atom stereocenters. The normalized spacial score (nSPS) is 19.0. The summed E-state index contributed by atoms with van der Waals surface area (Å²) in [7, 11) is 1.58. The molecule has 21 heavy (non-hydrogen) atoms. The van der Waals surface area contributed by atoms with Gasteiger partial charge in [0, 0.05) is 0 Å². The lowest BCUT2D eigenvalue weighted by Crippen LogP contribution is -2.49. The van der Waals surface area contributed by atoms with E-state index in [-0.39, 0.29) is 11.9 Å². The molecule has 1 aliphatic rings. The van der Waals surface area contributed by atoms with E-state index in [1.807, 2.05) is 24.3 Å². The third kappa shape index (κ3) is 4.15. The topological polar surface area (TPSA) is 67.6 Å². The predicted octanol–water partition coefficient (Wildman–Crippen LogP) is 1.77. The molecule has 0 spiro atoms. The Labute approximate surface area is 130 Å². The summed E-state index contributed by atoms with van der Waals surface area (Å²) in [6.07, 6.45) is 3.10. The first-order valence-electron chi connectivity index (χ1n) is 7.08. The van der Waals surface area contributed by atoms with Crippen molar-refractivity contribution < 1.29 is 9.53 Å². The van der Waals surface area contributed by atoms with Crippen LogP contribution in [0.1, 0.15) is 19.3 Å². The zero-order valence-corrected chi connectivity index (χ0v) is 13.0. The largest absolute Gasteiger partial charge is 0.495 e. The summed E-state index contributed by atoms with van der Waals surface area (Å²) in [5, 5.41) is 2.88. The maximum Gasteiger partial charge on any atom is 0.238 e. The Hall–Kier alpha value is -1.66. The lowest BCUT2D eigenvalue weighted by Gasteiger charge is -2.34. The molecule has 114 valence electrons. The van der Waals surface area contributed by atoms with E-state index >= 15 is 0 Å². The third-order valence-corrected chi connectivity index (χ3v) is 3.94. The summed E-state index contributed by atoms with van der Waals surface area (Å²) in [6.45, 7) is 1.14. The van der Waals surface area contributed by atoms with E-state index in [0.717, 1.165) is 25.8 Å². The molecule has 1 aliphatic heterocycles. The number of hydrogen-bond acceptors (Lipinski definition) is 4. The van der Waals surface area contributed by atoms with Crippen molar-refractivity contribution in [2.24, 2.45) is 5.73 Å². The number of carbonyl (C=O) groups is 1. The van der Waals surface area contributed by atoms with Gasteiger partial charge in [0.2, 0.25) is 5.91 Å². The lowest BCUT2D eigenvalue weighted by molar-refractivity contribution is -0.117. The van der Waals surface area contributed by atoms with Gasteiger partial charge in [0.1, 0.15) is 5.75 Å². The number of nitrogens with zero attached hydrogens (tertiary/aromatic N) is 1. The lowest BCUT2D eigenvalue weighted by atomic mass is 10.0. The Morgan fingerprint density at radius 3 is 2.95 bits per heavy atom. The molecule has 1 aromatic rings. The van der Waals surface area contributed by atoms with E-state index < -0.39 is 0 Å². The van der Waals surface area contributed by atoms with Crippen LogP contribution in [0.3, 0.4) is 0 Å². The fourth-order valence-corrected chi connectivity index (χ4v) is 2.89. The minimum absolute atomic E-state index is 0.0252. The number of amides is 1. The quantitative estimate of drug-likeness (QED) is 0.812. The SMILES string of the molecule is COc1ccccc1NC(=O)CN1CCCCC1C(N)=S. The fourth-order valence-electron chi connectivity index (χ4n) is 2.62. The van der Waals surface area contributed by atoms with E-state index in [0.29, 0.717) is 23.0 Å². The van der Waals surface area contributed by atoms with Crippen LogP contribution in [0.4, 0.5) is 5.69 Å². The number of ether oxygens (including phenoxy) is 1. The second-order valence-electron chi connectivity index (χ2n) is 5.13. The minimum Gasteiger partial charge on any atom is -0.495 e. The molecule has 0 aromatic heterocycles. The number of benzene rings is 1. The van der Waals surface area contributed by atoms with E-state index in [4.69, 9.17) is 22.7 Å². The second-order valence-corrected chi connectivity index (χ2v) is 5.60. The number of methoxy groups -OCH3 is 1. The first-order chi connectivity index (χ1) is 10.1. The van der Waals surface area contributed by atoms with Gasteiger partial charge in [0.05, 0.1) is 30.4 Å². The summed E-state index contributed by atoms with van der Waals surface area (Å²) < 4.78 is 5.23. The van der Waals surface area contributed by atoms with Crippen LogP contribution >= 0.6 is 12.2 Å². The van der Waals surface area contributed by atoms with Crippen molar-refractivity contribution >= 4 is 28.8 Å². The van der Waals surface area contributed by atoms with Gasteiger partial charge in [0.15, 0.2) is 0 Å². The smallest absolute Gasteiger partial charge is 0.238 e. The van der Waals surface area contributed by atoms with Crippen LogP contribution in [0.5, 0.6) is 5.75 Å². The van der Waals surface area contributed by atoms with Crippen LogP contribution in [-0.4, -0.2) is 42.0 Å². The number of anilines is 1. The molecule has 6 heteroatoms. The average molecular weight is 307 g/mol. The van der Waals surface area contributed by atoms with Crippen LogP contribution < -0.4 is 15.8 Å². The average Bonchev–Trinajstić information content (AvgIpc) is 2.48. The van der Waals surface area contributed by atoms with Crippen LogP contribution in [0.15, 0.2) is 24.3 Å². The van der Waals surface area contributed by atoms with Gasteiger partial charge in [-0.2, -0.15) is 0 Å². The Bertz CT molecular complexity index is 521. The molecule has 2 rings (SSSR count). The maximum absolute atomic E-state index is 12.2. The minimum atomic E-state index is -0.0809. The molecule has 3 N–H and O–H groups in total. The summed E-state index contributed by atoms with van der Waals surface area (Å²) in [5.74, 6) is 0.568. The Morgan fingerprint density at radius 1 is 1.48 bits per heavy atom.